The van der Waals surface area contributed by atoms with Gasteiger partial charge in [0.25, 0.3) is 0 Å². The summed E-state index contributed by atoms with van der Waals surface area (Å²) in [6.45, 7) is 0. The highest BCUT2D eigenvalue weighted by Gasteiger charge is 2.16. The molecule has 20 heavy (non-hydrogen) atoms. The number of hydrogen-bond donors (Lipinski definition) is 2. The summed E-state index contributed by atoms with van der Waals surface area (Å²) in [6, 6.07) is 10.3. The monoisotopic (exact) mass is 420 g/mol. The minimum atomic E-state index is -0.292. The van der Waals surface area contributed by atoms with Gasteiger partial charge in [-0.2, -0.15) is 0 Å². The molecule has 0 saturated carbocycles. The molecule has 0 heterocycles. The maximum absolute atomic E-state index is 13.5. The second-order valence-electron chi connectivity index (χ2n) is 4.30. The first-order valence-electron chi connectivity index (χ1n) is 5.87. The summed E-state index contributed by atoms with van der Waals surface area (Å²) >= 11 is 12.8. The van der Waals surface area contributed by atoms with E-state index in [1.807, 2.05) is 24.3 Å². The van der Waals surface area contributed by atoms with Crippen LogP contribution in [0.25, 0.3) is 0 Å². The third-order valence-corrected chi connectivity index (χ3v) is 4.70. The van der Waals surface area contributed by atoms with E-state index in [1.165, 1.54) is 6.07 Å². The molecule has 6 heteroatoms. The first-order chi connectivity index (χ1) is 9.52. The van der Waals surface area contributed by atoms with Gasteiger partial charge in [0.05, 0.1) is 10.5 Å². The predicted octanol–water partition coefficient (Wildman–Crippen LogP) is 4.75. The average molecular weight is 423 g/mol. The smallest absolute Gasteiger partial charge is 0.137 e. The van der Waals surface area contributed by atoms with Gasteiger partial charge in [0, 0.05) is 9.50 Å². The molecular weight excluding hydrogens is 410 g/mol. The normalized spacial score (nSPS) is 12.4. The van der Waals surface area contributed by atoms with E-state index >= 15 is 0 Å². The SMILES string of the molecule is NNC(Cc1cccc(F)c1Br)c1ccc(Br)cc1Cl. The second kappa shape index (κ2) is 7.00. The zero-order chi connectivity index (χ0) is 14.7. The number of benzene rings is 2. The van der Waals surface area contributed by atoms with Gasteiger partial charge in [-0.25, -0.2) is 4.39 Å². The van der Waals surface area contributed by atoms with Crippen molar-refractivity contribution in [1.29, 1.82) is 0 Å². The molecule has 0 aliphatic rings. The third-order valence-electron chi connectivity index (χ3n) is 2.99. The molecule has 0 aliphatic heterocycles. The van der Waals surface area contributed by atoms with Gasteiger partial charge in [-0.05, 0) is 51.7 Å². The Morgan fingerprint density at radius 2 is 2.00 bits per heavy atom. The number of nitrogens with one attached hydrogen (secondary N) is 1. The molecule has 2 aromatic rings. The lowest BCUT2D eigenvalue weighted by molar-refractivity contribution is 0.546. The Kier molecular flexibility index (Phi) is 5.57. The van der Waals surface area contributed by atoms with Gasteiger partial charge in [-0.15, -0.1) is 0 Å². The molecule has 2 rings (SSSR count). The number of halogens is 4. The second-order valence-corrected chi connectivity index (χ2v) is 6.42. The van der Waals surface area contributed by atoms with E-state index < -0.39 is 0 Å². The van der Waals surface area contributed by atoms with Crippen LogP contribution in [-0.2, 0) is 6.42 Å². The molecule has 0 radical (unpaired) electrons. The molecule has 2 nitrogen and oxygen atoms in total. The molecule has 0 amide bonds. The van der Waals surface area contributed by atoms with E-state index in [2.05, 4.69) is 37.3 Å². The van der Waals surface area contributed by atoms with Gasteiger partial charge in [0.15, 0.2) is 0 Å². The zero-order valence-electron chi connectivity index (χ0n) is 10.3. The maximum Gasteiger partial charge on any atom is 0.137 e. The Bertz CT molecular complexity index is 622. The summed E-state index contributed by atoms with van der Waals surface area (Å²) in [6.07, 6.45) is 0.524. The third kappa shape index (κ3) is 3.59. The van der Waals surface area contributed by atoms with Crippen LogP contribution in [0.1, 0.15) is 17.2 Å². The van der Waals surface area contributed by atoms with Crippen LogP contribution in [0.5, 0.6) is 0 Å². The molecule has 1 unspecified atom stereocenters. The standard InChI is InChI=1S/C14H12Br2ClFN2/c15-9-4-5-10(11(17)7-9)13(20-19)6-8-2-1-3-12(18)14(8)16/h1-5,7,13,20H,6,19H2. The summed E-state index contributed by atoms with van der Waals surface area (Å²) < 4.78 is 14.9. The topological polar surface area (TPSA) is 38.0 Å². The predicted molar refractivity (Wildman–Crippen MR) is 87.0 cm³/mol. The zero-order valence-corrected chi connectivity index (χ0v) is 14.3. The summed E-state index contributed by atoms with van der Waals surface area (Å²) in [4.78, 5) is 0. The molecule has 1 atom stereocenters. The Hall–Kier alpha value is -0.460. The van der Waals surface area contributed by atoms with Crippen molar-refractivity contribution >= 4 is 43.5 Å². The van der Waals surface area contributed by atoms with E-state index in [4.69, 9.17) is 17.4 Å². The van der Waals surface area contributed by atoms with Crippen LogP contribution in [0, 0.1) is 5.82 Å². The first-order valence-corrected chi connectivity index (χ1v) is 7.83. The van der Waals surface area contributed by atoms with E-state index in [1.54, 1.807) is 6.07 Å². The lowest BCUT2D eigenvalue weighted by Gasteiger charge is -2.19. The van der Waals surface area contributed by atoms with Crippen molar-refractivity contribution < 1.29 is 4.39 Å². The maximum atomic E-state index is 13.5. The number of hydrazine groups is 1. The van der Waals surface area contributed by atoms with Gasteiger partial charge in [-0.1, -0.05) is 45.7 Å². The summed E-state index contributed by atoms with van der Waals surface area (Å²) in [5.74, 6) is 5.33. The highest BCUT2D eigenvalue weighted by Crippen LogP contribution is 2.30. The number of hydrogen-bond acceptors (Lipinski definition) is 2. The summed E-state index contributed by atoms with van der Waals surface area (Å²) in [7, 11) is 0. The molecule has 0 saturated heterocycles. The van der Waals surface area contributed by atoms with Crippen LogP contribution in [0.4, 0.5) is 4.39 Å². The fraction of sp³-hybridized carbons (Fsp3) is 0.143. The van der Waals surface area contributed by atoms with Gasteiger partial charge >= 0.3 is 0 Å². The van der Waals surface area contributed by atoms with Gasteiger partial charge in [0.1, 0.15) is 5.82 Å². The Labute approximate surface area is 138 Å². The van der Waals surface area contributed by atoms with Crippen LogP contribution in [0.15, 0.2) is 45.3 Å². The van der Waals surface area contributed by atoms with Gasteiger partial charge < -0.3 is 0 Å². The van der Waals surface area contributed by atoms with Gasteiger partial charge in [0.2, 0.25) is 0 Å². The first kappa shape index (κ1) is 15.9. The van der Waals surface area contributed by atoms with E-state index in [0.29, 0.717) is 15.9 Å². The van der Waals surface area contributed by atoms with Crippen molar-refractivity contribution in [3.63, 3.8) is 0 Å². The summed E-state index contributed by atoms with van der Waals surface area (Å²) in [5.41, 5.74) is 4.43. The molecule has 0 fully saturated rings. The van der Waals surface area contributed by atoms with Crippen molar-refractivity contribution in [2.45, 2.75) is 12.5 Å². The minimum Gasteiger partial charge on any atom is -0.271 e. The Balaban J connectivity index is 2.31. The molecule has 106 valence electrons. The number of nitrogens with two attached hydrogens (primary N) is 1. The fourth-order valence-corrected chi connectivity index (χ4v) is 3.20. The largest absolute Gasteiger partial charge is 0.271 e. The Morgan fingerprint density at radius 3 is 2.65 bits per heavy atom. The highest BCUT2D eigenvalue weighted by atomic mass is 79.9. The van der Waals surface area contributed by atoms with Crippen LogP contribution in [-0.4, -0.2) is 0 Å². The van der Waals surface area contributed by atoms with Gasteiger partial charge in [-0.3, -0.25) is 11.3 Å². The van der Waals surface area contributed by atoms with Crippen LogP contribution < -0.4 is 11.3 Å². The highest BCUT2D eigenvalue weighted by molar-refractivity contribution is 9.10. The Morgan fingerprint density at radius 1 is 1.25 bits per heavy atom. The molecule has 3 N–H and O–H groups in total. The molecule has 0 bridgehead atoms. The molecule has 0 aromatic heterocycles. The lowest BCUT2D eigenvalue weighted by atomic mass is 9.99. The molecule has 0 spiro atoms. The van der Waals surface area contributed by atoms with E-state index in [0.717, 1.165) is 15.6 Å². The molecular formula is C14H12Br2ClFN2. The fourth-order valence-electron chi connectivity index (χ4n) is 1.97. The van der Waals surface area contributed by atoms with Crippen molar-refractivity contribution in [3.05, 3.63) is 67.3 Å². The van der Waals surface area contributed by atoms with Crippen molar-refractivity contribution in [2.24, 2.45) is 5.84 Å². The number of rotatable bonds is 4. The molecule has 0 aliphatic carbocycles. The van der Waals surface area contributed by atoms with Crippen molar-refractivity contribution in [2.75, 3.05) is 0 Å². The molecule has 2 aromatic carbocycles. The van der Waals surface area contributed by atoms with E-state index in [9.17, 15) is 4.39 Å². The van der Waals surface area contributed by atoms with Crippen molar-refractivity contribution in [1.82, 2.24) is 5.43 Å². The summed E-state index contributed by atoms with van der Waals surface area (Å²) in [5, 5.41) is 0.606. The van der Waals surface area contributed by atoms with Crippen LogP contribution in [0.3, 0.4) is 0 Å². The minimum absolute atomic E-state index is 0.200. The van der Waals surface area contributed by atoms with E-state index in [-0.39, 0.29) is 11.9 Å². The van der Waals surface area contributed by atoms with Crippen LogP contribution >= 0.6 is 43.5 Å². The van der Waals surface area contributed by atoms with Crippen molar-refractivity contribution in [3.8, 4) is 0 Å². The quantitative estimate of drug-likeness (QED) is 0.551. The lowest BCUT2D eigenvalue weighted by Crippen LogP contribution is -2.30. The van der Waals surface area contributed by atoms with Crippen LogP contribution in [0.2, 0.25) is 5.02 Å². The average Bonchev–Trinajstić information content (AvgIpc) is 2.41.